The van der Waals surface area contributed by atoms with E-state index in [2.05, 4.69) is 5.32 Å². The van der Waals surface area contributed by atoms with Gasteiger partial charge in [0.15, 0.2) is 0 Å². The van der Waals surface area contributed by atoms with Gasteiger partial charge in [0.1, 0.15) is 11.6 Å². The van der Waals surface area contributed by atoms with Crippen molar-refractivity contribution in [3.8, 4) is 5.75 Å². The quantitative estimate of drug-likeness (QED) is 0.813. The van der Waals surface area contributed by atoms with Crippen molar-refractivity contribution in [3.05, 3.63) is 59.4 Å². The predicted molar refractivity (Wildman–Crippen MR) is 110 cm³/mol. The zero-order chi connectivity index (χ0) is 20.8. The number of carbonyl (C=O) groups is 2. The maximum atomic E-state index is 13.9. The molecule has 0 saturated carbocycles. The van der Waals surface area contributed by atoms with Crippen molar-refractivity contribution in [2.45, 2.75) is 19.4 Å². The average Bonchev–Trinajstić information content (AvgIpc) is 2.97. The molecule has 1 aliphatic rings. The Labute approximate surface area is 174 Å². The van der Waals surface area contributed by atoms with E-state index in [-0.39, 0.29) is 11.6 Å². The van der Waals surface area contributed by atoms with Gasteiger partial charge in [0.25, 0.3) is 0 Å². The Bertz CT molecular complexity index is 866. The van der Waals surface area contributed by atoms with Crippen molar-refractivity contribution in [2.24, 2.45) is 0 Å². The highest BCUT2D eigenvalue weighted by Crippen LogP contribution is 2.20. The van der Waals surface area contributed by atoms with Crippen molar-refractivity contribution in [2.75, 3.05) is 31.5 Å². The third kappa shape index (κ3) is 5.68. The lowest BCUT2D eigenvalue weighted by atomic mass is 10.2. The highest BCUT2D eigenvalue weighted by Gasteiger charge is 2.27. The number of rotatable bonds is 4. The zero-order valence-corrected chi connectivity index (χ0v) is 16.9. The number of nitrogens with one attached hydrogen (secondary N) is 1. The van der Waals surface area contributed by atoms with Crippen LogP contribution in [0.1, 0.15) is 13.3 Å². The van der Waals surface area contributed by atoms with E-state index in [4.69, 9.17) is 16.3 Å². The molecule has 1 fully saturated rings. The van der Waals surface area contributed by atoms with Crippen molar-refractivity contribution < 1.29 is 18.7 Å². The molecule has 0 radical (unpaired) electrons. The molecule has 1 N–H and O–H groups in total. The van der Waals surface area contributed by atoms with E-state index in [1.807, 2.05) is 11.0 Å². The third-order valence-electron chi connectivity index (χ3n) is 4.85. The van der Waals surface area contributed by atoms with Crippen LogP contribution in [0.4, 0.5) is 14.9 Å². The summed E-state index contributed by atoms with van der Waals surface area (Å²) in [6.07, 6.45) is 0.295. The molecule has 1 aliphatic heterocycles. The smallest absolute Gasteiger partial charge is 0.410 e. The van der Waals surface area contributed by atoms with Gasteiger partial charge < -0.3 is 15.0 Å². The highest BCUT2D eigenvalue weighted by atomic mass is 35.5. The molecule has 6 nitrogen and oxygen atoms in total. The first-order chi connectivity index (χ1) is 13.9. The number of para-hydroxylation sites is 1. The molecule has 29 heavy (non-hydrogen) atoms. The molecule has 3 rings (SSSR count). The lowest BCUT2D eigenvalue weighted by molar-refractivity contribution is -0.120. The lowest BCUT2D eigenvalue weighted by Crippen LogP contribution is -2.44. The van der Waals surface area contributed by atoms with Gasteiger partial charge in [0.05, 0.1) is 11.7 Å². The van der Waals surface area contributed by atoms with Crippen LogP contribution in [0.2, 0.25) is 5.02 Å². The van der Waals surface area contributed by atoms with Crippen LogP contribution in [0.15, 0.2) is 48.5 Å². The monoisotopic (exact) mass is 419 g/mol. The van der Waals surface area contributed by atoms with Gasteiger partial charge in [0.2, 0.25) is 5.91 Å². The fourth-order valence-electron chi connectivity index (χ4n) is 3.16. The first-order valence-electron chi connectivity index (χ1n) is 9.46. The summed E-state index contributed by atoms with van der Waals surface area (Å²) in [4.78, 5) is 28.6. The van der Waals surface area contributed by atoms with E-state index in [0.717, 1.165) is 0 Å². The van der Waals surface area contributed by atoms with Crippen LogP contribution in [-0.4, -0.2) is 54.0 Å². The van der Waals surface area contributed by atoms with Crippen LogP contribution in [0.5, 0.6) is 5.75 Å². The lowest BCUT2D eigenvalue weighted by Gasteiger charge is -2.27. The Balaban J connectivity index is 1.56. The number of hydrogen-bond acceptors (Lipinski definition) is 4. The molecule has 0 aliphatic carbocycles. The molecule has 1 atom stereocenters. The van der Waals surface area contributed by atoms with E-state index >= 15 is 0 Å². The molecule has 2 aromatic carbocycles. The number of anilines is 1. The molecule has 0 spiro atoms. The van der Waals surface area contributed by atoms with Gasteiger partial charge in [-0.2, -0.15) is 0 Å². The summed E-state index contributed by atoms with van der Waals surface area (Å²) in [5.74, 6) is -0.373. The minimum Gasteiger partial charge on any atom is -0.410 e. The number of nitrogens with zero attached hydrogens (tertiary/aromatic N) is 2. The fraction of sp³-hybridized carbons (Fsp3) is 0.333. The molecular weight excluding hydrogens is 397 g/mol. The largest absolute Gasteiger partial charge is 0.415 e. The number of halogens is 2. The van der Waals surface area contributed by atoms with E-state index in [1.54, 1.807) is 36.1 Å². The topological polar surface area (TPSA) is 61.9 Å². The van der Waals surface area contributed by atoms with Crippen LogP contribution in [-0.2, 0) is 4.79 Å². The summed E-state index contributed by atoms with van der Waals surface area (Å²) in [5.41, 5.74) is 0.0530. The molecule has 2 aromatic rings. The fourth-order valence-corrected chi connectivity index (χ4v) is 3.33. The number of ether oxygens (including phenoxy) is 1. The second kappa shape index (κ2) is 9.71. The molecule has 154 valence electrons. The van der Waals surface area contributed by atoms with Crippen LogP contribution in [0.3, 0.4) is 0 Å². The minimum absolute atomic E-state index is 0.0530. The molecule has 0 aromatic heterocycles. The molecule has 8 heteroatoms. The number of hydrogen-bond donors (Lipinski definition) is 1. The molecule has 2 amide bonds. The van der Waals surface area contributed by atoms with Gasteiger partial charge in [-0.25, -0.2) is 9.18 Å². The van der Waals surface area contributed by atoms with Gasteiger partial charge in [0, 0.05) is 31.2 Å². The van der Waals surface area contributed by atoms with E-state index in [9.17, 15) is 14.0 Å². The summed E-state index contributed by atoms with van der Waals surface area (Å²) >= 11 is 5.88. The summed E-state index contributed by atoms with van der Waals surface area (Å²) in [7, 11) is 0. The number of amides is 2. The molecule has 1 saturated heterocycles. The first-order valence-corrected chi connectivity index (χ1v) is 9.83. The van der Waals surface area contributed by atoms with Crippen molar-refractivity contribution >= 4 is 29.3 Å². The van der Waals surface area contributed by atoms with Crippen molar-refractivity contribution in [1.29, 1.82) is 0 Å². The summed E-state index contributed by atoms with van der Waals surface area (Å²) < 4.78 is 19.3. The van der Waals surface area contributed by atoms with Gasteiger partial charge in [-0.3, -0.25) is 9.69 Å². The second-order valence-corrected chi connectivity index (χ2v) is 7.28. The molecule has 1 heterocycles. The Morgan fingerprint density at radius 1 is 1.10 bits per heavy atom. The molecule has 1 unspecified atom stereocenters. The highest BCUT2D eigenvalue weighted by molar-refractivity contribution is 6.30. The predicted octanol–water partition coefficient (Wildman–Crippen LogP) is 4.01. The molecular formula is C21H23ClFN3O3. The maximum absolute atomic E-state index is 13.9. The molecule has 0 bridgehead atoms. The first kappa shape index (κ1) is 21.1. The van der Waals surface area contributed by atoms with E-state index < -0.39 is 18.0 Å². The van der Waals surface area contributed by atoms with Crippen LogP contribution >= 0.6 is 11.6 Å². The normalized spacial score (nSPS) is 16.0. The Morgan fingerprint density at radius 2 is 1.86 bits per heavy atom. The van der Waals surface area contributed by atoms with Crippen LogP contribution in [0.25, 0.3) is 0 Å². The van der Waals surface area contributed by atoms with Gasteiger partial charge >= 0.3 is 6.09 Å². The Hall–Kier alpha value is -2.64. The van der Waals surface area contributed by atoms with Gasteiger partial charge in [-0.1, -0.05) is 29.8 Å². The van der Waals surface area contributed by atoms with Crippen LogP contribution in [0, 0.1) is 5.82 Å². The SMILES string of the molecule is CC(C(=O)Nc1cc(Cl)ccc1F)N1CCCN(C(=O)Oc2ccccc2)CC1. The van der Waals surface area contributed by atoms with Crippen molar-refractivity contribution in [3.63, 3.8) is 0 Å². The van der Waals surface area contributed by atoms with Crippen LogP contribution < -0.4 is 10.1 Å². The van der Waals surface area contributed by atoms with E-state index in [1.165, 1.54) is 18.2 Å². The third-order valence-corrected chi connectivity index (χ3v) is 5.09. The number of benzene rings is 2. The summed E-state index contributed by atoms with van der Waals surface area (Å²) in [6.45, 7) is 3.89. The Morgan fingerprint density at radius 3 is 2.62 bits per heavy atom. The average molecular weight is 420 g/mol. The standard InChI is InChI=1S/C21H23ClFN3O3/c1-15(20(27)24-19-14-16(22)8-9-18(19)23)25-10-5-11-26(13-12-25)21(28)29-17-6-3-2-4-7-17/h2-4,6-9,14-15H,5,10-13H2,1H3,(H,24,27). The van der Waals surface area contributed by atoms with Gasteiger partial charge in [-0.15, -0.1) is 0 Å². The zero-order valence-electron chi connectivity index (χ0n) is 16.1. The number of carbonyl (C=O) groups excluding carboxylic acids is 2. The van der Waals surface area contributed by atoms with E-state index in [0.29, 0.717) is 43.4 Å². The summed E-state index contributed by atoms with van der Waals surface area (Å²) in [6, 6.07) is 12.4. The Kier molecular flexibility index (Phi) is 7.06. The van der Waals surface area contributed by atoms with Gasteiger partial charge in [-0.05, 0) is 43.7 Å². The minimum atomic E-state index is -0.541. The second-order valence-electron chi connectivity index (χ2n) is 6.85. The van der Waals surface area contributed by atoms with Crippen molar-refractivity contribution in [1.82, 2.24) is 9.80 Å². The maximum Gasteiger partial charge on any atom is 0.415 e. The summed E-state index contributed by atoms with van der Waals surface area (Å²) in [5, 5.41) is 2.93.